The maximum absolute atomic E-state index is 8.36. The van der Waals surface area contributed by atoms with Crippen LogP contribution in [0, 0.1) is 0 Å². The van der Waals surface area contributed by atoms with Crippen LogP contribution in [0.2, 0.25) is 0 Å². The Kier molecular flexibility index (Phi) is 16.0. The Balaban J connectivity index is 0.000000328. The van der Waals surface area contributed by atoms with E-state index in [-0.39, 0.29) is 12.0 Å². The Morgan fingerprint density at radius 2 is 1.22 bits per heavy atom. The van der Waals surface area contributed by atoms with Gasteiger partial charge < -0.3 is 9.59 Å². The lowest BCUT2D eigenvalue weighted by molar-refractivity contribution is -0.928. The van der Waals surface area contributed by atoms with Crippen molar-refractivity contribution in [2.75, 3.05) is 39.3 Å². The van der Waals surface area contributed by atoms with Crippen LogP contribution in [-0.4, -0.2) is 60.2 Å². The molecular formula is C32H53N2O2+. The van der Waals surface area contributed by atoms with E-state index in [0.717, 1.165) is 0 Å². The summed E-state index contributed by atoms with van der Waals surface area (Å²) in [4.78, 5) is 11.0. The summed E-state index contributed by atoms with van der Waals surface area (Å²) in [5, 5.41) is 6.89. The molecule has 0 atom stereocenters. The van der Waals surface area contributed by atoms with Gasteiger partial charge in [0.15, 0.2) is 0 Å². The molecule has 0 radical (unpaired) electrons. The first-order valence-electron chi connectivity index (χ1n) is 14.2. The molecule has 2 aromatic carbocycles. The van der Waals surface area contributed by atoms with Crippen molar-refractivity contribution in [1.82, 2.24) is 4.90 Å². The molecule has 0 bridgehead atoms. The fraction of sp³-hybridized carbons (Fsp3) is 0.594. The summed E-state index contributed by atoms with van der Waals surface area (Å²) >= 11 is 0. The first kappa shape index (κ1) is 31.9. The molecule has 1 saturated heterocycles. The Morgan fingerprint density at radius 1 is 0.778 bits per heavy atom. The highest BCUT2D eigenvalue weighted by Crippen LogP contribution is 2.30. The quantitative estimate of drug-likeness (QED) is 0.260. The summed E-state index contributed by atoms with van der Waals surface area (Å²) in [6.45, 7) is 19.2. The molecule has 4 heteroatoms. The van der Waals surface area contributed by atoms with E-state index in [1.807, 2.05) is 0 Å². The summed E-state index contributed by atoms with van der Waals surface area (Å²) in [7, 11) is 0. The standard InChI is InChI=1S/C17H30N.C14H21N.CH2O2/c1-4-13-18(14-5-2,15-6-3)16-12-17-10-8-7-9-11-17;1-14(2,13-9-5-3-6-10-13)15-11-7-4-8-12-15;2-1-3/h7-11H,4-6,12-16H2,1-3H3;3,5-6,9-10H,4,7-8,11-12H2,1-2H3;1H,(H,2,3)/q+1;;. The number of quaternary nitrogens is 1. The zero-order valence-corrected chi connectivity index (χ0v) is 23.8. The van der Waals surface area contributed by atoms with E-state index < -0.39 is 0 Å². The first-order valence-corrected chi connectivity index (χ1v) is 14.2. The van der Waals surface area contributed by atoms with E-state index in [2.05, 4.69) is 100 Å². The van der Waals surface area contributed by atoms with E-state index >= 15 is 0 Å². The summed E-state index contributed by atoms with van der Waals surface area (Å²) in [6, 6.07) is 21.8. The lowest BCUT2D eigenvalue weighted by atomic mass is 9.90. The van der Waals surface area contributed by atoms with Gasteiger partial charge in [0.25, 0.3) is 6.47 Å². The molecule has 0 amide bonds. The van der Waals surface area contributed by atoms with Gasteiger partial charge in [-0.3, -0.25) is 9.69 Å². The summed E-state index contributed by atoms with van der Waals surface area (Å²) in [5.74, 6) is 0. The second-order valence-corrected chi connectivity index (χ2v) is 10.5. The average molecular weight is 498 g/mol. The van der Waals surface area contributed by atoms with Crippen molar-refractivity contribution in [2.24, 2.45) is 0 Å². The molecular weight excluding hydrogens is 444 g/mol. The molecule has 1 aliphatic heterocycles. The lowest BCUT2D eigenvalue weighted by Crippen LogP contribution is -2.51. The third-order valence-electron chi connectivity index (χ3n) is 7.44. The Labute approximate surface area is 221 Å². The molecule has 0 aliphatic carbocycles. The van der Waals surface area contributed by atoms with Crippen molar-refractivity contribution < 1.29 is 14.4 Å². The smallest absolute Gasteiger partial charge is 0.290 e. The van der Waals surface area contributed by atoms with Crippen molar-refractivity contribution >= 4 is 6.47 Å². The third kappa shape index (κ3) is 11.3. The van der Waals surface area contributed by atoms with Crippen molar-refractivity contribution in [2.45, 2.75) is 85.1 Å². The van der Waals surface area contributed by atoms with Crippen molar-refractivity contribution in [3.63, 3.8) is 0 Å². The molecule has 3 rings (SSSR count). The molecule has 0 saturated carbocycles. The number of carbonyl (C=O) groups is 1. The van der Waals surface area contributed by atoms with Crippen LogP contribution in [-0.2, 0) is 16.8 Å². The van der Waals surface area contributed by atoms with Gasteiger partial charge in [-0.1, -0.05) is 87.9 Å². The van der Waals surface area contributed by atoms with E-state index in [0.29, 0.717) is 0 Å². The molecule has 36 heavy (non-hydrogen) atoms. The largest absolute Gasteiger partial charge is 0.483 e. The Bertz CT molecular complexity index is 769. The van der Waals surface area contributed by atoms with Crippen LogP contribution >= 0.6 is 0 Å². The lowest BCUT2D eigenvalue weighted by Gasteiger charge is -2.41. The second kappa shape index (κ2) is 18.1. The molecule has 2 aromatic rings. The molecule has 1 heterocycles. The predicted octanol–water partition coefficient (Wildman–Crippen LogP) is 7.38. The molecule has 1 N–H and O–H groups in total. The summed E-state index contributed by atoms with van der Waals surface area (Å²) < 4.78 is 1.32. The maximum atomic E-state index is 8.36. The monoisotopic (exact) mass is 497 g/mol. The maximum Gasteiger partial charge on any atom is 0.290 e. The zero-order chi connectivity index (χ0) is 26.7. The fourth-order valence-electron chi connectivity index (χ4n) is 5.59. The van der Waals surface area contributed by atoms with Gasteiger partial charge in [-0.2, -0.15) is 0 Å². The number of hydrogen-bond acceptors (Lipinski definition) is 2. The van der Waals surface area contributed by atoms with E-state index in [1.165, 1.54) is 99.8 Å². The second-order valence-electron chi connectivity index (χ2n) is 10.5. The number of rotatable bonds is 11. The molecule has 0 spiro atoms. The van der Waals surface area contributed by atoms with Crippen LogP contribution in [0.1, 0.15) is 84.3 Å². The van der Waals surface area contributed by atoms with Crippen LogP contribution in [0.25, 0.3) is 0 Å². The van der Waals surface area contributed by atoms with Crippen LogP contribution in [0.4, 0.5) is 0 Å². The number of likely N-dealkylation sites (tertiary alicyclic amines) is 1. The molecule has 0 aromatic heterocycles. The fourth-order valence-corrected chi connectivity index (χ4v) is 5.59. The number of carboxylic acid groups (broad SMARTS) is 1. The molecule has 0 unspecified atom stereocenters. The van der Waals surface area contributed by atoms with Crippen LogP contribution in [0.5, 0.6) is 0 Å². The van der Waals surface area contributed by atoms with Gasteiger partial charge in [0.2, 0.25) is 0 Å². The SMILES string of the molecule is CC(C)(c1ccccc1)N1CCCCC1.CCC[N+](CCC)(CCC)CCc1ccccc1.O=CO. The number of piperidine rings is 1. The molecule has 1 fully saturated rings. The first-order chi connectivity index (χ1) is 17.4. The van der Waals surface area contributed by atoms with Gasteiger partial charge in [0, 0.05) is 12.0 Å². The van der Waals surface area contributed by atoms with E-state index in [4.69, 9.17) is 9.90 Å². The van der Waals surface area contributed by atoms with Crippen LogP contribution in [0.15, 0.2) is 60.7 Å². The van der Waals surface area contributed by atoms with Gasteiger partial charge in [0.1, 0.15) is 0 Å². The third-order valence-corrected chi connectivity index (χ3v) is 7.44. The number of nitrogens with zero attached hydrogens (tertiary/aromatic N) is 2. The number of hydrogen-bond donors (Lipinski definition) is 1. The summed E-state index contributed by atoms with van der Waals surface area (Å²) in [5.41, 5.74) is 3.12. The molecule has 202 valence electrons. The van der Waals surface area contributed by atoms with Crippen molar-refractivity contribution in [3.05, 3.63) is 71.8 Å². The van der Waals surface area contributed by atoms with E-state index in [9.17, 15) is 0 Å². The van der Waals surface area contributed by atoms with Gasteiger partial charge in [-0.25, -0.2) is 0 Å². The highest BCUT2D eigenvalue weighted by atomic mass is 16.3. The van der Waals surface area contributed by atoms with Crippen molar-refractivity contribution in [3.8, 4) is 0 Å². The normalized spacial score (nSPS) is 14.1. The minimum atomic E-state index is -0.250. The van der Waals surface area contributed by atoms with Crippen molar-refractivity contribution in [1.29, 1.82) is 0 Å². The minimum Gasteiger partial charge on any atom is -0.483 e. The van der Waals surface area contributed by atoms with Gasteiger partial charge in [0.05, 0.1) is 26.2 Å². The van der Waals surface area contributed by atoms with Gasteiger partial charge >= 0.3 is 0 Å². The molecule has 4 nitrogen and oxygen atoms in total. The number of benzene rings is 2. The van der Waals surface area contributed by atoms with Gasteiger partial charge in [-0.05, 0) is 70.2 Å². The highest BCUT2D eigenvalue weighted by Gasteiger charge is 2.29. The minimum absolute atomic E-state index is 0.196. The van der Waals surface area contributed by atoms with Gasteiger partial charge in [-0.15, -0.1) is 0 Å². The topological polar surface area (TPSA) is 40.5 Å². The predicted molar refractivity (Wildman–Crippen MR) is 154 cm³/mol. The van der Waals surface area contributed by atoms with Crippen LogP contribution in [0.3, 0.4) is 0 Å². The Hall–Kier alpha value is -2.17. The molecule has 1 aliphatic rings. The average Bonchev–Trinajstić information content (AvgIpc) is 2.90. The highest BCUT2D eigenvalue weighted by molar-refractivity contribution is 5.32. The van der Waals surface area contributed by atoms with E-state index in [1.54, 1.807) is 0 Å². The zero-order valence-electron chi connectivity index (χ0n) is 23.8. The Morgan fingerprint density at radius 3 is 1.67 bits per heavy atom. The summed E-state index contributed by atoms with van der Waals surface area (Å²) in [6.07, 6.45) is 9.24. The van der Waals surface area contributed by atoms with Crippen LogP contribution < -0.4 is 0 Å².